The van der Waals surface area contributed by atoms with E-state index in [0.717, 1.165) is 17.5 Å². The third-order valence-corrected chi connectivity index (χ3v) is 3.30. The van der Waals surface area contributed by atoms with Crippen LogP contribution in [0.5, 0.6) is 5.75 Å². The predicted octanol–water partition coefficient (Wildman–Crippen LogP) is 3.32. The lowest BCUT2D eigenvalue weighted by atomic mass is 9.91. The van der Waals surface area contributed by atoms with Gasteiger partial charge in [-0.3, -0.25) is 4.79 Å². The minimum absolute atomic E-state index is 0.224. The number of esters is 1. The molecule has 0 aliphatic carbocycles. The number of methoxy groups -OCH3 is 2. The average molecular weight is 280 g/mol. The van der Waals surface area contributed by atoms with Crippen molar-refractivity contribution < 1.29 is 19.0 Å². The summed E-state index contributed by atoms with van der Waals surface area (Å²) in [4.78, 5) is 12.1. The van der Waals surface area contributed by atoms with Crippen molar-refractivity contribution in [1.29, 1.82) is 0 Å². The summed E-state index contributed by atoms with van der Waals surface area (Å²) >= 11 is 0. The van der Waals surface area contributed by atoms with E-state index in [1.807, 2.05) is 39.0 Å². The molecule has 0 spiro atoms. The first-order chi connectivity index (χ1) is 9.42. The van der Waals surface area contributed by atoms with Crippen LogP contribution in [-0.4, -0.2) is 20.2 Å². The molecule has 0 heterocycles. The van der Waals surface area contributed by atoms with Crippen LogP contribution < -0.4 is 4.74 Å². The molecular weight excluding hydrogens is 256 g/mol. The second-order valence-electron chi connectivity index (χ2n) is 5.48. The Morgan fingerprint density at radius 1 is 1.05 bits per heavy atom. The highest BCUT2D eigenvalue weighted by atomic mass is 16.5. The van der Waals surface area contributed by atoms with Gasteiger partial charge in [-0.2, -0.15) is 0 Å². The number of carbonyl (C=O) groups excluding carboxylic acids is 1. The van der Waals surface area contributed by atoms with Crippen LogP contribution in [0.4, 0.5) is 0 Å². The number of rotatable bonds is 7. The third kappa shape index (κ3) is 4.62. The van der Waals surface area contributed by atoms with Crippen LogP contribution in [0.15, 0.2) is 18.2 Å². The first kappa shape index (κ1) is 16.7. The second kappa shape index (κ2) is 7.41. The Bertz CT molecular complexity index is 428. The first-order valence-electron chi connectivity index (χ1n) is 6.76. The van der Waals surface area contributed by atoms with Crippen molar-refractivity contribution in [2.24, 2.45) is 5.41 Å². The minimum Gasteiger partial charge on any atom is -0.426 e. The second-order valence-corrected chi connectivity index (χ2v) is 5.48. The smallest absolute Gasteiger partial charge is 0.316 e. The highest BCUT2D eigenvalue weighted by Gasteiger charge is 2.27. The highest BCUT2D eigenvalue weighted by Crippen LogP contribution is 2.25. The van der Waals surface area contributed by atoms with E-state index in [1.54, 1.807) is 14.2 Å². The molecule has 20 heavy (non-hydrogen) atoms. The molecule has 0 aliphatic heterocycles. The predicted molar refractivity (Wildman–Crippen MR) is 77.6 cm³/mol. The number of carbonyl (C=O) groups is 1. The van der Waals surface area contributed by atoms with Gasteiger partial charge < -0.3 is 14.2 Å². The van der Waals surface area contributed by atoms with Crippen molar-refractivity contribution in [2.75, 3.05) is 14.2 Å². The van der Waals surface area contributed by atoms with Crippen LogP contribution in [-0.2, 0) is 27.5 Å². The quantitative estimate of drug-likeness (QED) is 0.567. The molecule has 0 aliphatic rings. The summed E-state index contributed by atoms with van der Waals surface area (Å²) < 4.78 is 15.8. The van der Waals surface area contributed by atoms with Gasteiger partial charge in [0.05, 0.1) is 18.6 Å². The van der Waals surface area contributed by atoms with Gasteiger partial charge in [-0.15, -0.1) is 0 Å². The molecular formula is C16H24O4. The topological polar surface area (TPSA) is 44.8 Å². The molecule has 0 bridgehead atoms. The summed E-state index contributed by atoms with van der Waals surface area (Å²) in [6.07, 6.45) is 0.731. The summed E-state index contributed by atoms with van der Waals surface area (Å²) in [6.45, 7) is 6.67. The zero-order chi connectivity index (χ0) is 15.2. The van der Waals surface area contributed by atoms with E-state index in [4.69, 9.17) is 14.2 Å². The van der Waals surface area contributed by atoms with Crippen molar-refractivity contribution in [2.45, 2.75) is 40.4 Å². The molecule has 0 radical (unpaired) electrons. The lowest BCUT2D eigenvalue weighted by Gasteiger charge is -2.20. The molecule has 1 aromatic rings. The van der Waals surface area contributed by atoms with E-state index >= 15 is 0 Å². The van der Waals surface area contributed by atoms with E-state index in [-0.39, 0.29) is 5.97 Å². The van der Waals surface area contributed by atoms with Gasteiger partial charge in [0, 0.05) is 14.2 Å². The standard InChI is InChI=1S/C16H24O4/c1-6-16(2,3)15(17)20-14-8-12(10-18-4)7-13(9-14)11-19-5/h7-9H,6,10-11H2,1-5H3. The van der Waals surface area contributed by atoms with Crippen molar-refractivity contribution in [1.82, 2.24) is 0 Å². The Balaban J connectivity index is 2.95. The number of hydrogen-bond donors (Lipinski definition) is 0. The Morgan fingerprint density at radius 2 is 1.55 bits per heavy atom. The maximum atomic E-state index is 12.1. The fourth-order valence-electron chi connectivity index (χ4n) is 1.68. The maximum Gasteiger partial charge on any atom is 0.316 e. The van der Waals surface area contributed by atoms with Gasteiger partial charge in [-0.05, 0) is 43.5 Å². The highest BCUT2D eigenvalue weighted by molar-refractivity contribution is 5.78. The maximum absolute atomic E-state index is 12.1. The summed E-state index contributed by atoms with van der Waals surface area (Å²) in [6, 6.07) is 5.63. The van der Waals surface area contributed by atoms with Crippen LogP contribution in [0.3, 0.4) is 0 Å². The minimum atomic E-state index is -0.487. The van der Waals surface area contributed by atoms with Crippen molar-refractivity contribution in [3.05, 3.63) is 29.3 Å². The van der Waals surface area contributed by atoms with Gasteiger partial charge in [0.2, 0.25) is 0 Å². The Morgan fingerprint density at radius 3 is 1.95 bits per heavy atom. The SMILES string of the molecule is CCC(C)(C)C(=O)Oc1cc(COC)cc(COC)c1. The fraction of sp³-hybridized carbons (Fsp3) is 0.562. The van der Waals surface area contributed by atoms with E-state index in [0.29, 0.717) is 19.0 Å². The third-order valence-electron chi connectivity index (χ3n) is 3.30. The van der Waals surface area contributed by atoms with Gasteiger partial charge in [-0.1, -0.05) is 13.0 Å². The normalized spacial score (nSPS) is 11.4. The molecule has 0 unspecified atom stereocenters. The molecule has 0 fully saturated rings. The molecule has 1 rings (SSSR count). The van der Waals surface area contributed by atoms with Crippen molar-refractivity contribution in [3.63, 3.8) is 0 Å². The van der Waals surface area contributed by atoms with E-state index in [9.17, 15) is 4.79 Å². The average Bonchev–Trinajstić information content (AvgIpc) is 2.39. The van der Waals surface area contributed by atoms with Crippen LogP contribution >= 0.6 is 0 Å². The molecule has 0 aromatic heterocycles. The monoisotopic (exact) mass is 280 g/mol. The van der Waals surface area contributed by atoms with E-state index < -0.39 is 5.41 Å². The molecule has 4 nitrogen and oxygen atoms in total. The van der Waals surface area contributed by atoms with Crippen molar-refractivity contribution in [3.8, 4) is 5.75 Å². The lowest BCUT2D eigenvalue weighted by Crippen LogP contribution is -2.28. The zero-order valence-electron chi connectivity index (χ0n) is 13.0. The number of ether oxygens (including phenoxy) is 3. The molecule has 0 atom stereocenters. The summed E-state index contributed by atoms with van der Waals surface area (Å²) in [5.41, 5.74) is 1.43. The molecule has 0 N–H and O–H groups in total. The van der Waals surface area contributed by atoms with Crippen LogP contribution in [0.25, 0.3) is 0 Å². The lowest BCUT2D eigenvalue weighted by molar-refractivity contribution is -0.144. The van der Waals surface area contributed by atoms with Gasteiger partial charge in [0.1, 0.15) is 5.75 Å². The number of hydrogen-bond acceptors (Lipinski definition) is 4. The molecule has 0 amide bonds. The van der Waals surface area contributed by atoms with Gasteiger partial charge in [0.25, 0.3) is 0 Å². The van der Waals surface area contributed by atoms with Gasteiger partial charge in [0.15, 0.2) is 0 Å². The van der Waals surface area contributed by atoms with E-state index in [2.05, 4.69) is 0 Å². The van der Waals surface area contributed by atoms with Crippen LogP contribution in [0.1, 0.15) is 38.3 Å². The summed E-state index contributed by atoms with van der Waals surface area (Å²) in [7, 11) is 3.27. The zero-order valence-corrected chi connectivity index (χ0v) is 13.0. The Labute approximate surface area is 121 Å². The van der Waals surface area contributed by atoms with Crippen LogP contribution in [0, 0.1) is 5.41 Å². The van der Waals surface area contributed by atoms with E-state index in [1.165, 1.54) is 0 Å². The first-order valence-corrected chi connectivity index (χ1v) is 6.76. The summed E-state index contributed by atoms with van der Waals surface area (Å²) in [5.74, 6) is 0.316. The molecule has 4 heteroatoms. The fourth-order valence-corrected chi connectivity index (χ4v) is 1.68. The number of benzene rings is 1. The molecule has 112 valence electrons. The molecule has 0 saturated carbocycles. The Hall–Kier alpha value is -1.39. The Kier molecular flexibility index (Phi) is 6.17. The van der Waals surface area contributed by atoms with Crippen LogP contribution in [0.2, 0.25) is 0 Å². The largest absolute Gasteiger partial charge is 0.426 e. The van der Waals surface area contributed by atoms with Gasteiger partial charge in [-0.25, -0.2) is 0 Å². The van der Waals surface area contributed by atoms with Gasteiger partial charge >= 0.3 is 5.97 Å². The van der Waals surface area contributed by atoms with Crippen molar-refractivity contribution >= 4 is 5.97 Å². The summed E-state index contributed by atoms with van der Waals surface area (Å²) in [5, 5.41) is 0. The molecule has 1 aromatic carbocycles. The molecule has 0 saturated heterocycles.